The first-order chi connectivity index (χ1) is 24.9. The quantitative estimate of drug-likeness (QED) is 0.115. The Kier molecular flexibility index (Phi) is 13.0. The standard InChI is InChI=1S/C41H41Cl2N3O5S/c1-4-30(3)44-41(48)39(26-31-11-7-5-8-12-31)45(27-32-17-24-37(42)38(43)25-32)40(47)28-46(52(49,50)36-22-15-29(2)16-23-36)33-18-20-35(21-19-33)51-34-13-9-6-10-14-34/h5-25,30,39H,4,26-28H2,1-3H3,(H,44,48)/t30-,39-/m0/s1. The minimum Gasteiger partial charge on any atom is -0.457 e. The van der Waals surface area contributed by atoms with Gasteiger partial charge in [0.15, 0.2) is 0 Å². The van der Waals surface area contributed by atoms with Crippen LogP contribution in [0.1, 0.15) is 37.0 Å². The molecule has 0 aromatic heterocycles. The summed E-state index contributed by atoms with van der Waals surface area (Å²) in [6.07, 6.45) is 0.865. The highest BCUT2D eigenvalue weighted by Gasteiger charge is 2.35. The monoisotopic (exact) mass is 757 g/mol. The molecule has 52 heavy (non-hydrogen) atoms. The van der Waals surface area contributed by atoms with Gasteiger partial charge in [-0.25, -0.2) is 8.42 Å². The van der Waals surface area contributed by atoms with E-state index in [1.54, 1.807) is 54.6 Å². The molecular weight excluding hydrogens is 717 g/mol. The molecule has 0 aliphatic rings. The van der Waals surface area contributed by atoms with Gasteiger partial charge in [0, 0.05) is 19.0 Å². The number of halogens is 2. The number of para-hydroxylation sites is 1. The zero-order valence-corrected chi connectivity index (χ0v) is 31.5. The molecule has 0 saturated carbocycles. The molecule has 2 amide bonds. The third-order valence-corrected chi connectivity index (χ3v) is 11.1. The number of benzene rings is 5. The van der Waals surface area contributed by atoms with E-state index in [1.807, 2.05) is 81.4 Å². The summed E-state index contributed by atoms with van der Waals surface area (Å²) in [7, 11) is -4.28. The van der Waals surface area contributed by atoms with Gasteiger partial charge in [-0.2, -0.15) is 0 Å². The molecule has 0 bridgehead atoms. The average Bonchev–Trinajstić information content (AvgIpc) is 3.14. The van der Waals surface area contributed by atoms with E-state index in [-0.39, 0.29) is 40.5 Å². The smallest absolute Gasteiger partial charge is 0.264 e. The van der Waals surface area contributed by atoms with E-state index in [2.05, 4.69) is 5.32 Å². The Bertz CT molecular complexity index is 2060. The molecule has 8 nitrogen and oxygen atoms in total. The maximum atomic E-state index is 14.8. The van der Waals surface area contributed by atoms with E-state index in [9.17, 15) is 18.0 Å². The van der Waals surface area contributed by atoms with Crippen molar-refractivity contribution >= 4 is 50.7 Å². The molecular formula is C41H41Cl2N3O5S. The van der Waals surface area contributed by atoms with Crippen LogP contribution in [0.15, 0.2) is 132 Å². The molecule has 0 aliphatic heterocycles. The Labute approximate surface area is 316 Å². The van der Waals surface area contributed by atoms with Gasteiger partial charge in [-0.3, -0.25) is 13.9 Å². The summed E-state index contributed by atoms with van der Waals surface area (Å²) in [5.74, 6) is 0.154. The molecule has 1 N–H and O–H groups in total. The molecule has 5 aromatic rings. The topological polar surface area (TPSA) is 96.0 Å². The first-order valence-corrected chi connectivity index (χ1v) is 19.1. The Morgan fingerprint density at radius 3 is 2.00 bits per heavy atom. The Hall–Kier alpha value is -4.83. The lowest BCUT2D eigenvalue weighted by atomic mass is 10.0. The van der Waals surface area contributed by atoms with Crippen LogP contribution in [0.2, 0.25) is 10.0 Å². The van der Waals surface area contributed by atoms with Crippen molar-refractivity contribution in [2.75, 3.05) is 10.8 Å². The molecule has 0 spiro atoms. The predicted molar refractivity (Wildman–Crippen MR) is 208 cm³/mol. The zero-order valence-electron chi connectivity index (χ0n) is 29.2. The maximum absolute atomic E-state index is 14.8. The van der Waals surface area contributed by atoms with Crippen molar-refractivity contribution in [3.05, 3.63) is 154 Å². The van der Waals surface area contributed by atoms with Gasteiger partial charge in [0.1, 0.15) is 24.1 Å². The SMILES string of the molecule is CC[C@H](C)NC(=O)[C@H](Cc1ccccc1)N(Cc1ccc(Cl)c(Cl)c1)C(=O)CN(c1ccc(Oc2ccccc2)cc1)S(=O)(=O)c1ccc(C)cc1. The molecule has 2 atom stereocenters. The van der Waals surface area contributed by atoms with Crippen molar-refractivity contribution in [3.63, 3.8) is 0 Å². The molecule has 5 aromatic carbocycles. The van der Waals surface area contributed by atoms with Crippen LogP contribution in [-0.4, -0.2) is 43.8 Å². The number of nitrogens with one attached hydrogen (secondary N) is 1. The fourth-order valence-corrected chi connectivity index (χ4v) is 7.24. The zero-order chi connectivity index (χ0) is 37.3. The predicted octanol–water partition coefficient (Wildman–Crippen LogP) is 8.84. The minimum absolute atomic E-state index is 0.0156. The minimum atomic E-state index is -4.28. The molecule has 0 saturated heterocycles. The highest BCUT2D eigenvalue weighted by molar-refractivity contribution is 7.92. The number of carbonyl (C=O) groups excluding carboxylic acids is 2. The molecule has 0 heterocycles. The van der Waals surface area contributed by atoms with Crippen molar-refractivity contribution in [1.82, 2.24) is 10.2 Å². The number of ether oxygens (including phenoxy) is 1. The van der Waals surface area contributed by atoms with Crippen LogP contribution < -0.4 is 14.4 Å². The largest absolute Gasteiger partial charge is 0.457 e. The lowest BCUT2D eigenvalue weighted by Gasteiger charge is -2.34. The van der Waals surface area contributed by atoms with Crippen LogP contribution in [0.25, 0.3) is 0 Å². The van der Waals surface area contributed by atoms with Gasteiger partial charge in [0.2, 0.25) is 11.8 Å². The number of aryl methyl sites for hydroxylation is 1. The van der Waals surface area contributed by atoms with Crippen molar-refractivity contribution in [1.29, 1.82) is 0 Å². The summed E-state index contributed by atoms with van der Waals surface area (Å²) in [6, 6.07) is 35.3. The number of anilines is 1. The number of hydrogen-bond donors (Lipinski definition) is 1. The Morgan fingerprint density at radius 1 is 0.769 bits per heavy atom. The number of amides is 2. The lowest BCUT2D eigenvalue weighted by molar-refractivity contribution is -0.140. The highest BCUT2D eigenvalue weighted by atomic mass is 35.5. The van der Waals surface area contributed by atoms with E-state index < -0.39 is 28.5 Å². The molecule has 5 rings (SSSR count). The summed E-state index contributed by atoms with van der Waals surface area (Å²) in [5, 5.41) is 3.67. The molecule has 0 radical (unpaired) electrons. The van der Waals surface area contributed by atoms with Crippen LogP contribution >= 0.6 is 23.2 Å². The van der Waals surface area contributed by atoms with Crippen LogP contribution in [0.3, 0.4) is 0 Å². The number of hydrogen-bond acceptors (Lipinski definition) is 5. The van der Waals surface area contributed by atoms with E-state index in [4.69, 9.17) is 27.9 Å². The van der Waals surface area contributed by atoms with Crippen molar-refractivity contribution in [2.45, 2.75) is 57.1 Å². The van der Waals surface area contributed by atoms with Gasteiger partial charge in [-0.1, -0.05) is 102 Å². The van der Waals surface area contributed by atoms with Crippen LogP contribution in [-0.2, 0) is 32.6 Å². The highest BCUT2D eigenvalue weighted by Crippen LogP contribution is 2.30. The van der Waals surface area contributed by atoms with E-state index in [1.165, 1.54) is 17.0 Å². The van der Waals surface area contributed by atoms with E-state index in [0.717, 1.165) is 15.4 Å². The van der Waals surface area contributed by atoms with E-state index >= 15 is 0 Å². The molecule has 0 aliphatic carbocycles. The number of carbonyl (C=O) groups is 2. The van der Waals surface area contributed by atoms with Gasteiger partial charge in [-0.15, -0.1) is 0 Å². The van der Waals surface area contributed by atoms with Gasteiger partial charge < -0.3 is 15.0 Å². The van der Waals surface area contributed by atoms with Crippen LogP contribution in [0.4, 0.5) is 5.69 Å². The van der Waals surface area contributed by atoms with Gasteiger partial charge in [0.05, 0.1) is 20.6 Å². The van der Waals surface area contributed by atoms with Gasteiger partial charge in [0.25, 0.3) is 10.0 Å². The number of rotatable bonds is 15. The van der Waals surface area contributed by atoms with Crippen LogP contribution in [0, 0.1) is 6.92 Å². The molecule has 11 heteroatoms. The summed E-state index contributed by atoms with van der Waals surface area (Å²) >= 11 is 12.6. The van der Waals surface area contributed by atoms with Crippen molar-refractivity contribution < 1.29 is 22.7 Å². The second-order valence-electron chi connectivity index (χ2n) is 12.5. The lowest BCUT2D eigenvalue weighted by Crippen LogP contribution is -2.54. The third kappa shape index (κ3) is 9.94. The van der Waals surface area contributed by atoms with Gasteiger partial charge >= 0.3 is 0 Å². The summed E-state index contributed by atoms with van der Waals surface area (Å²) < 4.78 is 35.8. The van der Waals surface area contributed by atoms with Gasteiger partial charge in [-0.05, 0) is 92.1 Å². The second-order valence-corrected chi connectivity index (χ2v) is 15.2. The van der Waals surface area contributed by atoms with Crippen LogP contribution in [0.5, 0.6) is 11.5 Å². The Morgan fingerprint density at radius 2 is 1.38 bits per heavy atom. The summed E-state index contributed by atoms with van der Waals surface area (Å²) in [4.78, 5) is 30.3. The normalized spacial score (nSPS) is 12.4. The fraction of sp³-hybridized carbons (Fsp3) is 0.220. The first kappa shape index (κ1) is 38.4. The third-order valence-electron chi connectivity index (χ3n) is 8.60. The second kappa shape index (κ2) is 17.6. The summed E-state index contributed by atoms with van der Waals surface area (Å²) in [6.45, 7) is 5.08. The molecule has 0 unspecified atom stereocenters. The summed E-state index contributed by atoms with van der Waals surface area (Å²) in [5.41, 5.74) is 2.57. The fourth-order valence-electron chi connectivity index (χ4n) is 5.50. The van der Waals surface area contributed by atoms with Crippen molar-refractivity contribution in [3.8, 4) is 11.5 Å². The van der Waals surface area contributed by atoms with Crippen molar-refractivity contribution in [2.24, 2.45) is 0 Å². The maximum Gasteiger partial charge on any atom is 0.264 e. The number of sulfonamides is 1. The molecule has 270 valence electrons. The first-order valence-electron chi connectivity index (χ1n) is 16.9. The van der Waals surface area contributed by atoms with E-state index in [0.29, 0.717) is 28.5 Å². The average molecular weight is 759 g/mol. The number of nitrogens with zero attached hydrogens (tertiary/aromatic N) is 2. The molecule has 0 fully saturated rings. The Balaban J connectivity index is 1.57.